The highest BCUT2D eigenvalue weighted by molar-refractivity contribution is 7.18. The molecule has 51 heavy (non-hydrogen) atoms. The van der Waals surface area contributed by atoms with Crippen molar-refractivity contribution in [2.24, 2.45) is 11.3 Å². The van der Waals surface area contributed by atoms with E-state index in [2.05, 4.69) is 139 Å². The third-order valence-corrected chi connectivity index (χ3v) is 12.5. The first-order chi connectivity index (χ1) is 24.4. The lowest BCUT2D eigenvalue weighted by molar-refractivity contribution is 0.177. The highest BCUT2D eigenvalue weighted by Crippen LogP contribution is 2.54. The number of halogens is 1. The van der Waals surface area contributed by atoms with Gasteiger partial charge in [-0.15, -0.1) is 0 Å². The van der Waals surface area contributed by atoms with Gasteiger partial charge in [0.05, 0.1) is 6.04 Å². The van der Waals surface area contributed by atoms with E-state index in [9.17, 15) is 4.39 Å². The molecule has 0 bridgehead atoms. The topological polar surface area (TPSA) is 18.5 Å². The van der Waals surface area contributed by atoms with Crippen molar-refractivity contribution >= 4 is 14.8 Å². The molecule has 2 aromatic rings. The first-order valence-corrected chi connectivity index (χ1v) is 20.0. The summed E-state index contributed by atoms with van der Waals surface area (Å²) in [5, 5.41) is 2.63. The van der Waals surface area contributed by atoms with Gasteiger partial charge in [0.2, 0.25) is 0 Å². The van der Waals surface area contributed by atoms with Crippen LogP contribution in [-0.2, 0) is 0 Å². The first-order valence-electron chi connectivity index (χ1n) is 19.5. The normalized spacial score (nSPS) is 24.6. The highest BCUT2D eigenvalue weighted by atomic mass is 31.0. The average molecular weight is 708 g/mol. The molecule has 0 aromatic heterocycles. The number of nitrogens with one attached hydrogen (secondary N) is 1. The molecular weight excluding hydrogens is 644 g/mol. The molecule has 0 spiro atoms. The van der Waals surface area contributed by atoms with E-state index < -0.39 is 5.41 Å². The monoisotopic (exact) mass is 707 g/mol. The zero-order chi connectivity index (χ0) is 36.8. The predicted octanol–water partition coefficient (Wildman–Crippen LogP) is 11.8. The maximum Gasteiger partial charge on any atom is 0.124 e. The maximum atomic E-state index is 14.5. The minimum Gasteiger partial charge on any atom is -0.378 e. The number of aryl methyl sites for hydroxylation is 1. The zero-order valence-corrected chi connectivity index (χ0v) is 33.3. The Bertz CT molecular complexity index is 1630. The van der Waals surface area contributed by atoms with Crippen LogP contribution in [0.25, 0.3) is 5.57 Å². The summed E-state index contributed by atoms with van der Waals surface area (Å²) in [4.78, 5) is 4.75. The third-order valence-electron chi connectivity index (χ3n) is 11.9. The summed E-state index contributed by atoms with van der Waals surface area (Å²) in [5.41, 5.74) is 12.9. The minimum atomic E-state index is -1.14. The van der Waals surface area contributed by atoms with Crippen LogP contribution in [0.2, 0.25) is 0 Å². The Labute approximate surface area is 311 Å². The number of alkyl halides is 1. The largest absolute Gasteiger partial charge is 0.378 e. The molecule has 3 aliphatic rings. The predicted molar refractivity (Wildman–Crippen MR) is 221 cm³/mol. The molecular formula is C46H63FN3P. The number of hydrogen-bond donors (Lipinski definition) is 1. The molecule has 2 aliphatic carbocycles. The van der Waals surface area contributed by atoms with E-state index in [1.807, 2.05) is 6.08 Å². The third kappa shape index (κ3) is 9.18. The van der Waals surface area contributed by atoms with Crippen molar-refractivity contribution in [1.82, 2.24) is 15.1 Å². The van der Waals surface area contributed by atoms with Gasteiger partial charge in [0, 0.05) is 49.2 Å². The van der Waals surface area contributed by atoms with Crippen LogP contribution in [0, 0.1) is 18.3 Å². The van der Waals surface area contributed by atoms with E-state index in [1.165, 1.54) is 59.9 Å². The van der Waals surface area contributed by atoms with Crippen LogP contribution in [0.5, 0.6) is 0 Å². The van der Waals surface area contributed by atoms with E-state index in [4.69, 9.17) is 0 Å². The molecule has 1 heterocycles. The van der Waals surface area contributed by atoms with Crippen LogP contribution >= 0.6 is 9.24 Å². The number of hydrogen-bond acceptors (Lipinski definition) is 3. The molecule has 5 rings (SSSR count). The smallest absolute Gasteiger partial charge is 0.124 e. The van der Waals surface area contributed by atoms with E-state index in [0.717, 1.165) is 61.7 Å². The van der Waals surface area contributed by atoms with Gasteiger partial charge in [-0.3, -0.25) is 0 Å². The lowest BCUT2D eigenvalue weighted by Crippen LogP contribution is -2.45. The van der Waals surface area contributed by atoms with Gasteiger partial charge in [0.25, 0.3) is 0 Å². The minimum absolute atomic E-state index is 0.147. The van der Waals surface area contributed by atoms with Crippen molar-refractivity contribution in [2.45, 2.75) is 104 Å². The molecule has 1 aliphatic heterocycles. The fourth-order valence-electron chi connectivity index (χ4n) is 8.66. The maximum absolute atomic E-state index is 14.5. The second-order valence-corrected chi connectivity index (χ2v) is 16.5. The van der Waals surface area contributed by atoms with Crippen LogP contribution in [0.1, 0.15) is 114 Å². The number of piperazine rings is 1. The van der Waals surface area contributed by atoms with Crippen molar-refractivity contribution in [3.63, 3.8) is 0 Å². The van der Waals surface area contributed by atoms with Gasteiger partial charge in [0.1, 0.15) is 5.41 Å². The fraction of sp³-hybridized carbons (Fsp3) is 0.478. The van der Waals surface area contributed by atoms with E-state index in [-0.39, 0.29) is 12.0 Å². The highest BCUT2D eigenvalue weighted by Gasteiger charge is 2.40. The van der Waals surface area contributed by atoms with Crippen LogP contribution in [0.3, 0.4) is 0 Å². The molecule has 2 aromatic carbocycles. The Hall–Kier alpha value is -3.36. The quantitative estimate of drug-likeness (QED) is 0.147. The fourth-order valence-corrected chi connectivity index (χ4v) is 9.11. The summed E-state index contributed by atoms with van der Waals surface area (Å²) in [5.74, 6) is 0.238. The van der Waals surface area contributed by atoms with E-state index in [1.54, 1.807) is 5.57 Å². The Balaban J connectivity index is 1.26. The van der Waals surface area contributed by atoms with Gasteiger partial charge in [-0.05, 0) is 111 Å². The number of nitrogens with zero attached hydrogens (tertiary/aromatic N) is 2. The lowest BCUT2D eigenvalue weighted by atomic mass is 9.59. The summed E-state index contributed by atoms with van der Waals surface area (Å²) < 4.78 is 14.5. The number of rotatable bonds is 15. The molecule has 4 unspecified atom stereocenters. The second kappa shape index (κ2) is 17.0. The average Bonchev–Trinajstić information content (AvgIpc) is 3.50. The van der Waals surface area contributed by atoms with Crippen molar-refractivity contribution < 1.29 is 4.39 Å². The zero-order valence-electron chi connectivity index (χ0n) is 32.2. The van der Waals surface area contributed by atoms with Gasteiger partial charge in [-0.1, -0.05) is 122 Å². The molecule has 274 valence electrons. The first kappa shape index (κ1) is 38.9. The van der Waals surface area contributed by atoms with Gasteiger partial charge in [-0.25, -0.2) is 4.39 Å². The molecule has 0 radical (unpaired) electrons. The Morgan fingerprint density at radius 3 is 2.10 bits per heavy atom. The summed E-state index contributed by atoms with van der Waals surface area (Å²) in [6.45, 7) is 27.7. The van der Waals surface area contributed by atoms with Gasteiger partial charge < -0.3 is 15.1 Å². The molecule has 0 amide bonds. The van der Waals surface area contributed by atoms with Gasteiger partial charge >= 0.3 is 0 Å². The molecule has 5 heteroatoms. The molecule has 3 nitrogen and oxygen atoms in total. The summed E-state index contributed by atoms with van der Waals surface area (Å²) >= 11 is 0. The Morgan fingerprint density at radius 1 is 0.980 bits per heavy atom. The van der Waals surface area contributed by atoms with Crippen LogP contribution in [0.15, 0.2) is 115 Å². The van der Waals surface area contributed by atoms with Crippen molar-refractivity contribution in [3.8, 4) is 0 Å². The second-order valence-electron chi connectivity index (χ2n) is 15.5. The van der Waals surface area contributed by atoms with Crippen molar-refractivity contribution in [2.75, 3.05) is 26.2 Å². The molecule has 1 N–H and O–H groups in total. The molecule has 4 atom stereocenters. The van der Waals surface area contributed by atoms with Crippen molar-refractivity contribution in [1.29, 1.82) is 0 Å². The summed E-state index contributed by atoms with van der Waals surface area (Å²) in [6, 6.07) is 18.5. The van der Waals surface area contributed by atoms with Gasteiger partial charge in [-0.2, -0.15) is 0 Å². The van der Waals surface area contributed by atoms with Gasteiger partial charge in [0.15, 0.2) is 0 Å². The van der Waals surface area contributed by atoms with Crippen LogP contribution in [-0.4, -0.2) is 41.4 Å². The number of benzene rings is 2. The molecule has 2 saturated carbocycles. The van der Waals surface area contributed by atoms with E-state index in [0.29, 0.717) is 18.3 Å². The summed E-state index contributed by atoms with van der Waals surface area (Å²) in [7, 11) is 2.41. The molecule has 3 fully saturated rings. The van der Waals surface area contributed by atoms with Crippen molar-refractivity contribution in [3.05, 3.63) is 137 Å². The lowest BCUT2D eigenvalue weighted by Gasteiger charge is -2.45. The Kier molecular flexibility index (Phi) is 12.9. The van der Waals surface area contributed by atoms with E-state index >= 15 is 0 Å². The standard InChI is InChI=1S/C46H63FN3P/c1-9-23-45(13-5)30-41(31-45)44(38-16-14-33(6)15-17-38)39-20-18-37(19-21-39)43(12-4)48-34(7)36(10-2)29-42(11-3)50-27-25-49(26-28-50)35(8)40-22-24-46(47,51)32-40/h10-11,14-21,29,40,43,48H,3,7-9,12-13,22-28,30-32,51H2,1-2,4-6H3/b36-10+,42-29+,44-41?. The molecule has 1 saturated heterocycles. The van der Waals surface area contributed by atoms with Crippen LogP contribution < -0.4 is 5.32 Å². The van der Waals surface area contributed by atoms with Crippen LogP contribution in [0.4, 0.5) is 4.39 Å². The summed E-state index contributed by atoms with van der Waals surface area (Å²) in [6.07, 6.45) is 15.5. The Morgan fingerprint density at radius 2 is 1.59 bits per heavy atom. The number of allylic oxidation sites excluding steroid dienone is 5. The SMILES string of the molecule is C=C/C(=C\C(=C/C)C(=C)NC(CC)c1ccc(C(=C2CC(CC)(CCC)C2)c2ccc(C)cc2)cc1)N1CCN(C(=C)C2CCC(F)(P)C2)CC1.